The standard InChI is InChI=1S/C16H14N2O2S/c17-12-6-10-15-14-9-4-5-11-16(14)21(19,20)18(15)13-7-2-1-3-8-13/h1-5,7-9,11,15H,6,10H2. The van der Waals surface area contributed by atoms with Crippen molar-refractivity contribution in [3.05, 3.63) is 60.2 Å². The molecule has 1 aliphatic heterocycles. The maximum atomic E-state index is 12.8. The van der Waals surface area contributed by atoms with Crippen LogP contribution < -0.4 is 4.31 Å². The molecule has 0 aliphatic carbocycles. The van der Waals surface area contributed by atoms with Gasteiger partial charge in [0.25, 0.3) is 10.0 Å². The SMILES string of the molecule is N#CCCC1c2ccccc2S(=O)(=O)N1c1ccccc1. The lowest BCUT2D eigenvalue weighted by Crippen LogP contribution is -2.28. The highest BCUT2D eigenvalue weighted by Crippen LogP contribution is 2.44. The molecule has 5 heteroatoms. The Balaban J connectivity index is 2.16. The number of nitriles is 1. The number of nitrogens with zero attached hydrogens (tertiary/aromatic N) is 2. The fourth-order valence-electron chi connectivity index (χ4n) is 2.76. The molecule has 1 atom stereocenters. The monoisotopic (exact) mass is 298 g/mol. The summed E-state index contributed by atoms with van der Waals surface area (Å²) in [5.41, 5.74) is 1.41. The highest BCUT2D eigenvalue weighted by atomic mass is 32.2. The molecule has 1 unspecified atom stereocenters. The molecule has 2 aromatic rings. The van der Waals surface area contributed by atoms with Crippen molar-refractivity contribution >= 4 is 15.7 Å². The Morgan fingerprint density at radius 1 is 1.05 bits per heavy atom. The van der Waals surface area contributed by atoms with Crippen LogP contribution in [-0.2, 0) is 10.0 Å². The molecule has 1 heterocycles. The number of sulfonamides is 1. The van der Waals surface area contributed by atoms with Gasteiger partial charge in [0.2, 0.25) is 0 Å². The van der Waals surface area contributed by atoms with Crippen molar-refractivity contribution in [1.82, 2.24) is 0 Å². The lowest BCUT2D eigenvalue weighted by molar-refractivity contribution is 0.586. The third-order valence-corrected chi connectivity index (χ3v) is 5.55. The maximum Gasteiger partial charge on any atom is 0.265 e. The second-order valence-electron chi connectivity index (χ2n) is 4.89. The van der Waals surface area contributed by atoms with Crippen LogP contribution in [0.4, 0.5) is 5.69 Å². The van der Waals surface area contributed by atoms with Gasteiger partial charge < -0.3 is 0 Å². The first kappa shape index (κ1) is 13.7. The van der Waals surface area contributed by atoms with Gasteiger partial charge in [0, 0.05) is 6.42 Å². The first-order chi connectivity index (χ1) is 10.2. The van der Waals surface area contributed by atoms with Gasteiger partial charge in [-0.3, -0.25) is 4.31 Å². The number of benzene rings is 2. The predicted molar refractivity (Wildman–Crippen MR) is 80.1 cm³/mol. The summed E-state index contributed by atoms with van der Waals surface area (Å²) in [4.78, 5) is 0.344. The molecule has 106 valence electrons. The number of hydrogen-bond donors (Lipinski definition) is 0. The van der Waals surface area contributed by atoms with Gasteiger partial charge in [0.15, 0.2) is 0 Å². The smallest absolute Gasteiger partial charge is 0.259 e. The van der Waals surface area contributed by atoms with E-state index in [1.165, 1.54) is 4.31 Å². The van der Waals surface area contributed by atoms with E-state index >= 15 is 0 Å². The van der Waals surface area contributed by atoms with Gasteiger partial charge >= 0.3 is 0 Å². The van der Waals surface area contributed by atoms with Crippen LogP contribution in [0.5, 0.6) is 0 Å². The summed E-state index contributed by atoms with van der Waals surface area (Å²) in [5.74, 6) is 0. The summed E-state index contributed by atoms with van der Waals surface area (Å²) in [7, 11) is -3.56. The predicted octanol–water partition coefficient (Wildman–Crippen LogP) is 3.24. The maximum absolute atomic E-state index is 12.8. The van der Waals surface area contributed by atoms with Gasteiger partial charge in [-0.1, -0.05) is 36.4 Å². The summed E-state index contributed by atoms with van der Waals surface area (Å²) in [6.07, 6.45) is 0.805. The molecule has 0 radical (unpaired) electrons. The largest absolute Gasteiger partial charge is 0.265 e. The second-order valence-corrected chi connectivity index (χ2v) is 6.67. The Kier molecular flexibility index (Phi) is 3.40. The number of anilines is 1. The Hall–Kier alpha value is -2.32. The van der Waals surface area contributed by atoms with E-state index in [1.54, 1.807) is 24.3 Å². The molecular weight excluding hydrogens is 284 g/mol. The fourth-order valence-corrected chi connectivity index (χ4v) is 4.68. The molecule has 4 nitrogen and oxygen atoms in total. The molecule has 0 fully saturated rings. The Morgan fingerprint density at radius 2 is 1.71 bits per heavy atom. The average Bonchev–Trinajstić information content (AvgIpc) is 2.74. The topological polar surface area (TPSA) is 61.2 Å². The van der Waals surface area contributed by atoms with Crippen molar-refractivity contribution in [1.29, 1.82) is 5.26 Å². The zero-order chi connectivity index (χ0) is 14.9. The summed E-state index contributed by atoms with van der Waals surface area (Å²) < 4.78 is 27.0. The van der Waals surface area contributed by atoms with Crippen LogP contribution in [0.3, 0.4) is 0 Å². The van der Waals surface area contributed by atoms with E-state index in [-0.39, 0.29) is 6.04 Å². The summed E-state index contributed by atoms with van der Waals surface area (Å²) in [6.45, 7) is 0. The van der Waals surface area contributed by atoms with Crippen molar-refractivity contribution in [2.75, 3.05) is 4.31 Å². The molecule has 0 saturated heterocycles. The van der Waals surface area contributed by atoms with Crippen LogP contribution in [0.25, 0.3) is 0 Å². The number of rotatable bonds is 3. The van der Waals surface area contributed by atoms with Crippen molar-refractivity contribution in [3.63, 3.8) is 0 Å². The Labute approximate surface area is 124 Å². The third kappa shape index (κ3) is 2.18. The minimum absolute atomic E-state index is 0.312. The van der Waals surface area contributed by atoms with Crippen LogP contribution in [-0.4, -0.2) is 8.42 Å². The summed E-state index contributed by atoms with van der Waals surface area (Å²) in [5, 5.41) is 8.84. The van der Waals surface area contributed by atoms with E-state index in [2.05, 4.69) is 6.07 Å². The molecular formula is C16H14N2O2S. The van der Waals surface area contributed by atoms with Gasteiger partial charge in [0.05, 0.1) is 22.7 Å². The molecule has 0 aromatic heterocycles. The summed E-state index contributed by atoms with van der Waals surface area (Å²) in [6, 6.07) is 17.9. The zero-order valence-electron chi connectivity index (χ0n) is 11.3. The van der Waals surface area contributed by atoms with Crippen LogP contribution in [0.15, 0.2) is 59.5 Å². The molecule has 2 aromatic carbocycles. The molecule has 21 heavy (non-hydrogen) atoms. The van der Waals surface area contributed by atoms with E-state index in [4.69, 9.17) is 5.26 Å². The van der Waals surface area contributed by atoms with Crippen LogP contribution in [0.1, 0.15) is 24.4 Å². The molecule has 0 spiro atoms. The molecule has 0 saturated carbocycles. The average molecular weight is 298 g/mol. The van der Waals surface area contributed by atoms with Crippen molar-refractivity contribution in [3.8, 4) is 6.07 Å². The quantitative estimate of drug-likeness (QED) is 0.874. The second kappa shape index (κ2) is 5.23. The van der Waals surface area contributed by atoms with Gasteiger partial charge in [-0.25, -0.2) is 8.42 Å². The van der Waals surface area contributed by atoms with Crippen molar-refractivity contribution in [2.45, 2.75) is 23.8 Å². The Bertz CT molecular complexity index is 795. The van der Waals surface area contributed by atoms with Crippen molar-refractivity contribution in [2.24, 2.45) is 0 Å². The van der Waals surface area contributed by atoms with Crippen LogP contribution >= 0.6 is 0 Å². The molecule has 0 bridgehead atoms. The highest BCUT2D eigenvalue weighted by Gasteiger charge is 2.41. The van der Waals surface area contributed by atoms with Gasteiger partial charge in [0.1, 0.15) is 0 Å². The van der Waals surface area contributed by atoms with E-state index in [9.17, 15) is 8.42 Å². The number of hydrogen-bond acceptors (Lipinski definition) is 3. The lowest BCUT2D eigenvalue weighted by atomic mass is 10.0. The van der Waals surface area contributed by atoms with Gasteiger partial charge in [-0.2, -0.15) is 5.26 Å². The highest BCUT2D eigenvalue weighted by molar-refractivity contribution is 7.93. The third-order valence-electron chi connectivity index (χ3n) is 3.64. The van der Waals surface area contributed by atoms with Crippen molar-refractivity contribution < 1.29 is 8.42 Å². The molecule has 3 rings (SSSR count). The van der Waals surface area contributed by atoms with Gasteiger partial charge in [-0.05, 0) is 30.2 Å². The van der Waals surface area contributed by atoms with E-state index in [0.29, 0.717) is 23.4 Å². The fraction of sp³-hybridized carbons (Fsp3) is 0.188. The van der Waals surface area contributed by atoms with Crippen LogP contribution in [0, 0.1) is 11.3 Å². The van der Waals surface area contributed by atoms with Crippen LogP contribution in [0.2, 0.25) is 0 Å². The zero-order valence-corrected chi connectivity index (χ0v) is 12.1. The first-order valence-corrected chi connectivity index (χ1v) is 8.15. The Morgan fingerprint density at radius 3 is 2.43 bits per heavy atom. The minimum Gasteiger partial charge on any atom is -0.259 e. The number of para-hydroxylation sites is 1. The number of fused-ring (bicyclic) bond motifs is 1. The van der Waals surface area contributed by atoms with E-state index in [1.807, 2.05) is 30.3 Å². The minimum atomic E-state index is -3.56. The molecule has 0 N–H and O–H groups in total. The van der Waals surface area contributed by atoms with E-state index in [0.717, 1.165) is 5.56 Å². The molecule has 0 amide bonds. The lowest BCUT2D eigenvalue weighted by Gasteiger charge is -2.25. The van der Waals surface area contributed by atoms with Gasteiger partial charge in [-0.15, -0.1) is 0 Å². The normalized spacial score (nSPS) is 19.0. The molecule has 1 aliphatic rings. The van der Waals surface area contributed by atoms with E-state index < -0.39 is 10.0 Å². The first-order valence-electron chi connectivity index (χ1n) is 6.71. The summed E-state index contributed by atoms with van der Waals surface area (Å²) >= 11 is 0.